The molecule has 0 aliphatic rings. The second kappa shape index (κ2) is 11.1. The fourth-order valence-corrected chi connectivity index (χ4v) is 5.21. The van der Waals surface area contributed by atoms with Crippen molar-refractivity contribution >= 4 is 0 Å². The lowest BCUT2D eigenvalue weighted by molar-refractivity contribution is -0.716. The zero-order valence-corrected chi connectivity index (χ0v) is 23.1. The zero-order valence-electron chi connectivity index (χ0n) is 23.1. The lowest BCUT2D eigenvalue weighted by atomic mass is 10.0. The molecule has 4 heterocycles. The topological polar surface area (TPSA) is 15.5 Å². The molecule has 0 N–H and O–H groups in total. The highest BCUT2D eigenvalue weighted by molar-refractivity contribution is 5.63. The van der Waals surface area contributed by atoms with Crippen molar-refractivity contribution in [3.63, 3.8) is 0 Å². The molecule has 0 aliphatic carbocycles. The molecule has 0 spiro atoms. The summed E-state index contributed by atoms with van der Waals surface area (Å²) < 4.78 is 9.10. The third kappa shape index (κ3) is 6.04. The normalized spacial score (nSPS) is 12.1. The van der Waals surface area contributed by atoms with E-state index < -0.39 is 0 Å². The first-order chi connectivity index (χ1) is 17.2. The fraction of sp³-hybridized carbons (Fsp3) is 0.375. The molecule has 0 aliphatic heterocycles. The van der Waals surface area contributed by atoms with Gasteiger partial charge >= 0.3 is 0 Å². The van der Waals surface area contributed by atoms with Gasteiger partial charge in [0, 0.05) is 88.6 Å². The van der Waals surface area contributed by atoms with Crippen LogP contribution in [0, 0.1) is 33.6 Å². The Morgan fingerprint density at radius 3 is 1.39 bits per heavy atom. The lowest BCUT2D eigenvalue weighted by Gasteiger charge is -2.13. The molecule has 1 unspecified atom stereocenters. The highest BCUT2D eigenvalue weighted by Crippen LogP contribution is 2.21. The molecular weight excluding hydrogens is 440 g/mol. The number of nitrogens with zero attached hydrogens (tertiary/aromatic N) is 4. The maximum atomic E-state index is 2.48. The molecule has 0 radical (unpaired) electrons. The third-order valence-corrected chi connectivity index (χ3v) is 7.36. The van der Waals surface area contributed by atoms with Crippen LogP contribution in [0.2, 0.25) is 0 Å². The van der Waals surface area contributed by atoms with Crippen molar-refractivity contribution in [1.82, 2.24) is 0 Å². The Morgan fingerprint density at radius 1 is 0.583 bits per heavy atom. The number of aromatic nitrogens is 4. The number of rotatable bonds is 8. The van der Waals surface area contributed by atoms with Crippen molar-refractivity contribution in [3.05, 3.63) is 96.1 Å². The first kappa shape index (κ1) is 25.7. The van der Waals surface area contributed by atoms with Crippen LogP contribution in [-0.2, 0) is 27.2 Å². The van der Waals surface area contributed by atoms with Gasteiger partial charge in [-0.3, -0.25) is 0 Å². The van der Waals surface area contributed by atoms with Crippen LogP contribution >= 0.6 is 0 Å². The maximum absolute atomic E-state index is 2.48. The number of pyridine rings is 4. The molecule has 4 aromatic heterocycles. The van der Waals surface area contributed by atoms with Gasteiger partial charge in [-0.2, -0.15) is 4.57 Å². The van der Waals surface area contributed by atoms with Gasteiger partial charge in [0.2, 0.25) is 0 Å². The molecule has 0 saturated heterocycles. The predicted molar refractivity (Wildman–Crippen MR) is 144 cm³/mol. The second-order valence-corrected chi connectivity index (χ2v) is 10.6. The minimum absolute atomic E-state index is 0.625. The summed E-state index contributed by atoms with van der Waals surface area (Å²) in [6.45, 7) is 13.5. The first-order valence-electron chi connectivity index (χ1n) is 13.1. The summed E-state index contributed by atoms with van der Waals surface area (Å²) in [5.74, 6) is 0.625. The minimum atomic E-state index is 0.625. The van der Waals surface area contributed by atoms with Gasteiger partial charge in [0.15, 0.2) is 54.1 Å². The summed E-state index contributed by atoms with van der Waals surface area (Å²) in [6, 6.07) is 18.1. The fourth-order valence-electron chi connectivity index (χ4n) is 5.21. The Morgan fingerprint density at radius 2 is 0.972 bits per heavy atom. The van der Waals surface area contributed by atoms with Crippen LogP contribution in [0.15, 0.2) is 73.3 Å². The van der Waals surface area contributed by atoms with E-state index in [0.29, 0.717) is 5.92 Å². The Bertz CT molecular complexity index is 1290. The Balaban J connectivity index is 1.38. The van der Waals surface area contributed by atoms with Gasteiger partial charge in [-0.25, -0.2) is 13.7 Å². The largest absolute Gasteiger partial charge is 0.208 e. The second-order valence-electron chi connectivity index (χ2n) is 10.6. The zero-order chi connectivity index (χ0) is 25.8. The predicted octanol–water partition coefficient (Wildman–Crippen LogP) is 4.59. The molecular formula is C32H42N4+4. The van der Waals surface area contributed by atoms with E-state index in [1.807, 2.05) is 0 Å². The summed E-state index contributed by atoms with van der Waals surface area (Å²) in [5, 5.41) is 0. The monoisotopic (exact) mass is 482 g/mol. The van der Waals surface area contributed by atoms with Crippen LogP contribution in [0.4, 0.5) is 0 Å². The van der Waals surface area contributed by atoms with Gasteiger partial charge in [-0.15, -0.1) is 0 Å². The SMILES string of the molecule is Cc1cc(-c2cc[n+](C)cc2)cc(C)[n+]1CCCC(C)C[n+]1c(C)cc(-c2cc[n+](C)cc2)cc1C. The van der Waals surface area contributed by atoms with Crippen molar-refractivity contribution in [2.24, 2.45) is 20.0 Å². The molecule has 36 heavy (non-hydrogen) atoms. The van der Waals surface area contributed by atoms with Crippen LogP contribution < -0.4 is 18.3 Å². The molecule has 0 fully saturated rings. The summed E-state index contributed by atoms with van der Waals surface area (Å²) in [4.78, 5) is 0. The van der Waals surface area contributed by atoms with E-state index in [-0.39, 0.29) is 0 Å². The smallest absolute Gasteiger partial charge is 0.179 e. The highest BCUT2D eigenvalue weighted by atomic mass is 15.0. The van der Waals surface area contributed by atoms with E-state index in [1.165, 1.54) is 57.9 Å². The van der Waals surface area contributed by atoms with E-state index in [0.717, 1.165) is 13.1 Å². The Hall–Kier alpha value is -3.40. The van der Waals surface area contributed by atoms with Crippen LogP contribution in [0.5, 0.6) is 0 Å². The van der Waals surface area contributed by atoms with Gasteiger partial charge in [0.25, 0.3) is 0 Å². The molecule has 0 bridgehead atoms. The van der Waals surface area contributed by atoms with E-state index in [2.05, 4.69) is 140 Å². The Labute approximate surface area is 217 Å². The van der Waals surface area contributed by atoms with Crippen LogP contribution in [0.25, 0.3) is 22.3 Å². The first-order valence-corrected chi connectivity index (χ1v) is 13.1. The highest BCUT2D eigenvalue weighted by Gasteiger charge is 2.19. The molecule has 4 aromatic rings. The minimum Gasteiger partial charge on any atom is -0.208 e. The van der Waals surface area contributed by atoms with Crippen molar-refractivity contribution in [2.75, 3.05) is 0 Å². The molecule has 4 heteroatoms. The van der Waals surface area contributed by atoms with E-state index >= 15 is 0 Å². The van der Waals surface area contributed by atoms with Crippen molar-refractivity contribution < 1.29 is 18.3 Å². The summed E-state index contributed by atoms with van der Waals surface area (Å²) >= 11 is 0. The van der Waals surface area contributed by atoms with E-state index in [1.54, 1.807) is 0 Å². The third-order valence-electron chi connectivity index (χ3n) is 7.36. The van der Waals surface area contributed by atoms with Crippen LogP contribution in [-0.4, -0.2) is 0 Å². The molecule has 1 atom stereocenters. The van der Waals surface area contributed by atoms with Crippen LogP contribution in [0.1, 0.15) is 42.5 Å². The molecule has 186 valence electrons. The van der Waals surface area contributed by atoms with Crippen molar-refractivity contribution in [2.45, 2.75) is 60.5 Å². The molecule has 0 amide bonds. The summed E-state index contributed by atoms with van der Waals surface area (Å²) in [5.41, 5.74) is 10.5. The molecule has 4 rings (SSSR count). The average Bonchev–Trinajstić information content (AvgIpc) is 2.84. The van der Waals surface area contributed by atoms with Gasteiger partial charge in [-0.05, 0) is 28.7 Å². The number of hydrogen-bond donors (Lipinski definition) is 0. The molecule has 4 nitrogen and oxygen atoms in total. The van der Waals surface area contributed by atoms with Gasteiger partial charge in [0.1, 0.15) is 20.6 Å². The molecule has 0 saturated carbocycles. The number of aryl methyl sites for hydroxylation is 6. The Kier molecular flexibility index (Phi) is 7.93. The summed E-state index contributed by atoms with van der Waals surface area (Å²) in [6.07, 6.45) is 10.8. The van der Waals surface area contributed by atoms with Gasteiger partial charge in [-0.1, -0.05) is 6.92 Å². The van der Waals surface area contributed by atoms with E-state index in [9.17, 15) is 0 Å². The maximum Gasteiger partial charge on any atom is 0.179 e. The van der Waals surface area contributed by atoms with E-state index in [4.69, 9.17) is 0 Å². The number of hydrogen-bond acceptors (Lipinski definition) is 0. The molecule has 0 aromatic carbocycles. The van der Waals surface area contributed by atoms with Gasteiger partial charge < -0.3 is 0 Å². The van der Waals surface area contributed by atoms with Crippen molar-refractivity contribution in [1.29, 1.82) is 0 Å². The quantitative estimate of drug-likeness (QED) is 0.327. The van der Waals surface area contributed by atoms with Crippen molar-refractivity contribution in [3.8, 4) is 22.3 Å². The van der Waals surface area contributed by atoms with Gasteiger partial charge in [0.05, 0.1) is 0 Å². The standard InChI is InChI=1S/C32H42N4/c1-24(23-36-27(4)21-32(22-28(36)5)30-12-17-34(7)18-13-30)9-8-14-35-25(2)19-31(20-26(35)3)29-10-15-33(6)16-11-29/h10-13,15-22,24H,8-9,14,23H2,1-7H3/q+4. The van der Waals surface area contributed by atoms with Crippen LogP contribution in [0.3, 0.4) is 0 Å². The lowest BCUT2D eigenvalue weighted by Crippen LogP contribution is -2.43. The average molecular weight is 483 g/mol. The summed E-state index contributed by atoms with van der Waals surface area (Å²) in [7, 11) is 4.11.